The molecule has 0 fully saturated rings. The van der Waals surface area contributed by atoms with E-state index < -0.39 is 15.6 Å². The SMILES string of the molecule is O=S(=O)(O)C(F)(F)F.[NaH].[NaH].[NaH]. The first-order chi connectivity index (χ1) is 3.25. The molecule has 0 aromatic heterocycles. The van der Waals surface area contributed by atoms with Crippen molar-refractivity contribution < 1.29 is 26.1 Å². The molecule has 0 aliphatic rings. The topological polar surface area (TPSA) is 54.4 Å². The molecule has 0 saturated carbocycles. The maximum absolute atomic E-state index is 10.7. The Labute approximate surface area is 128 Å². The third-order valence-corrected chi connectivity index (χ3v) is 0.877. The molecule has 0 aromatic rings. The summed E-state index contributed by atoms with van der Waals surface area (Å²) in [6, 6.07) is 0. The second-order valence-corrected chi connectivity index (χ2v) is 2.33. The van der Waals surface area contributed by atoms with Crippen molar-refractivity contribution in [2.75, 3.05) is 0 Å². The average Bonchev–Trinajstić information content (AvgIpc) is 1.25. The minimum atomic E-state index is -5.84. The van der Waals surface area contributed by atoms with Crippen molar-refractivity contribution in [2.24, 2.45) is 0 Å². The van der Waals surface area contributed by atoms with Crippen LogP contribution in [-0.2, 0) is 10.1 Å². The molecule has 1 N–H and O–H groups in total. The molecule has 11 heavy (non-hydrogen) atoms. The van der Waals surface area contributed by atoms with Crippen molar-refractivity contribution in [1.82, 2.24) is 0 Å². The van der Waals surface area contributed by atoms with E-state index in [0.29, 0.717) is 0 Å². The summed E-state index contributed by atoms with van der Waals surface area (Å²) in [5, 5.41) is 0. The summed E-state index contributed by atoms with van der Waals surface area (Å²) in [5.41, 5.74) is -5.53. The fraction of sp³-hybridized carbons (Fsp3) is 1.00. The molecular formula is CH4F3Na3O3S. The first-order valence-corrected chi connectivity index (χ1v) is 2.73. The van der Waals surface area contributed by atoms with Crippen molar-refractivity contribution in [2.45, 2.75) is 5.51 Å². The van der Waals surface area contributed by atoms with Gasteiger partial charge in [-0.3, -0.25) is 4.55 Å². The van der Waals surface area contributed by atoms with E-state index in [2.05, 4.69) is 0 Å². The van der Waals surface area contributed by atoms with Gasteiger partial charge < -0.3 is 0 Å². The molecule has 0 radical (unpaired) electrons. The molecule has 10 heteroatoms. The summed E-state index contributed by atoms with van der Waals surface area (Å²) < 4.78 is 57.5. The Hall–Kier alpha value is 2.70. The summed E-state index contributed by atoms with van der Waals surface area (Å²) in [6.07, 6.45) is 0. The Morgan fingerprint density at radius 3 is 1.09 bits per heavy atom. The number of hydrogen-bond donors (Lipinski definition) is 1. The Bertz CT molecular complexity index is 173. The molecule has 0 rings (SSSR count). The second-order valence-electron chi connectivity index (χ2n) is 0.921. The summed E-state index contributed by atoms with van der Waals surface area (Å²) in [4.78, 5) is 0. The minimum absolute atomic E-state index is 0. The maximum atomic E-state index is 10.7. The fourth-order valence-electron chi connectivity index (χ4n) is 0. The van der Waals surface area contributed by atoms with Gasteiger partial charge in [-0.25, -0.2) is 0 Å². The molecule has 0 heterocycles. The van der Waals surface area contributed by atoms with Gasteiger partial charge in [-0.15, -0.1) is 0 Å². The molecule has 0 amide bonds. The number of hydrogen-bond acceptors (Lipinski definition) is 2. The van der Waals surface area contributed by atoms with Gasteiger partial charge in [0.05, 0.1) is 0 Å². The van der Waals surface area contributed by atoms with Crippen molar-refractivity contribution in [3.8, 4) is 0 Å². The van der Waals surface area contributed by atoms with Crippen LogP contribution >= 0.6 is 0 Å². The van der Waals surface area contributed by atoms with Crippen LogP contribution in [0.3, 0.4) is 0 Å². The molecule has 0 atom stereocenters. The van der Waals surface area contributed by atoms with Gasteiger partial charge >= 0.3 is 104 Å². The van der Waals surface area contributed by atoms with Crippen LogP contribution in [-0.4, -0.2) is 107 Å². The van der Waals surface area contributed by atoms with E-state index in [1.807, 2.05) is 0 Å². The van der Waals surface area contributed by atoms with Gasteiger partial charge in [0.2, 0.25) is 0 Å². The molecule has 3 nitrogen and oxygen atoms in total. The Morgan fingerprint density at radius 1 is 1.00 bits per heavy atom. The number of alkyl halides is 3. The molecule has 0 saturated heterocycles. The molecule has 0 aromatic carbocycles. The van der Waals surface area contributed by atoms with E-state index in [1.54, 1.807) is 0 Å². The van der Waals surface area contributed by atoms with Crippen molar-refractivity contribution in [3.63, 3.8) is 0 Å². The molecule has 56 valence electrons. The zero-order valence-corrected chi connectivity index (χ0v) is 4.12. The van der Waals surface area contributed by atoms with Crippen LogP contribution < -0.4 is 0 Å². The summed E-state index contributed by atoms with van der Waals surface area (Å²) in [6.45, 7) is 0. The predicted molar refractivity (Wildman–Crippen MR) is 39.1 cm³/mol. The van der Waals surface area contributed by atoms with Crippen LogP contribution in [0.1, 0.15) is 0 Å². The van der Waals surface area contributed by atoms with Crippen molar-refractivity contribution in [1.29, 1.82) is 0 Å². The van der Waals surface area contributed by atoms with E-state index in [9.17, 15) is 13.2 Å². The quantitative estimate of drug-likeness (QED) is 0.306. The van der Waals surface area contributed by atoms with Gasteiger partial charge in [-0.1, -0.05) is 0 Å². The monoisotopic (exact) mass is 222 g/mol. The van der Waals surface area contributed by atoms with Gasteiger partial charge in [0.1, 0.15) is 0 Å². The molecule has 0 bridgehead atoms. The van der Waals surface area contributed by atoms with E-state index in [-0.39, 0.29) is 88.7 Å². The Morgan fingerprint density at radius 2 is 1.09 bits per heavy atom. The molecule has 0 aliphatic heterocycles. The third-order valence-electron chi connectivity index (χ3n) is 0.292. The van der Waals surface area contributed by atoms with Gasteiger partial charge in [-0.2, -0.15) is 21.6 Å². The average molecular weight is 222 g/mol. The third kappa shape index (κ3) is 10.6. The molecule has 0 unspecified atom stereocenters. The van der Waals surface area contributed by atoms with Gasteiger partial charge in [0.25, 0.3) is 0 Å². The van der Waals surface area contributed by atoms with Crippen LogP contribution in [0.25, 0.3) is 0 Å². The first kappa shape index (κ1) is 23.5. The van der Waals surface area contributed by atoms with Gasteiger partial charge in [0, 0.05) is 0 Å². The van der Waals surface area contributed by atoms with Crippen LogP contribution in [0.15, 0.2) is 0 Å². The van der Waals surface area contributed by atoms with Crippen LogP contribution in [0.5, 0.6) is 0 Å². The summed E-state index contributed by atoms with van der Waals surface area (Å²) in [7, 11) is -5.84. The van der Waals surface area contributed by atoms with Crippen molar-refractivity contribution in [3.05, 3.63) is 0 Å². The van der Waals surface area contributed by atoms with Crippen LogP contribution in [0.4, 0.5) is 13.2 Å². The van der Waals surface area contributed by atoms with E-state index in [0.717, 1.165) is 0 Å². The number of rotatable bonds is 0. The molecule has 0 aliphatic carbocycles. The van der Waals surface area contributed by atoms with Crippen LogP contribution in [0, 0.1) is 0 Å². The second kappa shape index (κ2) is 8.05. The molecule has 0 spiro atoms. The zero-order chi connectivity index (χ0) is 7.00. The Balaban J connectivity index is -0.0000000817. The zero-order valence-electron chi connectivity index (χ0n) is 3.31. The van der Waals surface area contributed by atoms with E-state index >= 15 is 0 Å². The van der Waals surface area contributed by atoms with E-state index in [1.165, 1.54) is 0 Å². The fourth-order valence-corrected chi connectivity index (χ4v) is 0. The van der Waals surface area contributed by atoms with Gasteiger partial charge in [-0.05, 0) is 0 Å². The van der Waals surface area contributed by atoms with Crippen LogP contribution in [0.2, 0.25) is 0 Å². The van der Waals surface area contributed by atoms with Crippen molar-refractivity contribution >= 4 is 98.8 Å². The summed E-state index contributed by atoms with van der Waals surface area (Å²) >= 11 is 0. The summed E-state index contributed by atoms with van der Waals surface area (Å²) in [5.74, 6) is 0. The Kier molecular flexibility index (Phi) is 17.2. The molecular weight excluding hydrogens is 218 g/mol. The standard InChI is InChI=1S/CHF3O3S.3Na.3H/c2-1(3,4)8(5,6)7;;;;;;/h(H,5,6,7);;;;;;. The predicted octanol–water partition coefficient (Wildman–Crippen LogP) is -1.55. The number of halogens is 3. The normalized spacial score (nSPS) is 10.2. The first-order valence-electron chi connectivity index (χ1n) is 1.29. The van der Waals surface area contributed by atoms with Gasteiger partial charge in [0.15, 0.2) is 0 Å². The van der Waals surface area contributed by atoms with E-state index in [4.69, 9.17) is 13.0 Å².